The van der Waals surface area contributed by atoms with Crippen molar-refractivity contribution in [2.24, 2.45) is 5.41 Å². The molecule has 2 fully saturated rings. The van der Waals surface area contributed by atoms with Gasteiger partial charge in [-0.25, -0.2) is 0 Å². The fraction of sp³-hybridized carbons (Fsp3) is 0.579. The number of likely N-dealkylation sites (tertiary alicyclic amines) is 1. The molecule has 1 aliphatic carbocycles. The van der Waals surface area contributed by atoms with Gasteiger partial charge in [0.2, 0.25) is 5.91 Å². The van der Waals surface area contributed by atoms with E-state index in [1.54, 1.807) is 7.11 Å². The van der Waals surface area contributed by atoms with Crippen LogP contribution < -0.4 is 10.1 Å². The third kappa shape index (κ3) is 3.63. The molecule has 1 atom stereocenters. The second kappa shape index (κ2) is 7.44. The van der Waals surface area contributed by atoms with Crippen molar-refractivity contribution in [1.82, 2.24) is 10.2 Å². The summed E-state index contributed by atoms with van der Waals surface area (Å²) in [5.41, 5.74) is 0.843. The Kier molecular flexibility index (Phi) is 5.27. The predicted molar refractivity (Wildman–Crippen MR) is 93.6 cm³/mol. The Morgan fingerprint density at radius 3 is 2.36 bits per heavy atom. The minimum Gasteiger partial charge on any atom is -0.497 e. The Balaban J connectivity index is 1.56. The highest BCUT2D eigenvalue weighted by Crippen LogP contribution is 2.49. The number of carbonyl (C=O) groups is 2. The van der Waals surface area contributed by atoms with Gasteiger partial charge in [0.1, 0.15) is 12.4 Å². The molecule has 1 heterocycles. The molecule has 1 N–H and O–H groups in total. The molecule has 2 aliphatic rings. The molecule has 0 bridgehead atoms. The summed E-state index contributed by atoms with van der Waals surface area (Å²) < 4.78 is 10.0. The molecule has 1 saturated carbocycles. The molecule has 25 heavy (non-hydrogen) atoms. The third-order valence-corrected chi connectivity index (χ3v) is 5.66. The Hall–Kier alpha value is -2.08. The van der Waals surface area contributed by atoms with E-state index in [2.05, 4.69) is 5.32 Å². The molecule has 6 heteroatoms. The summed E-state index contributed by atoms with van der Waals surface area (Å²) in [5.74, 6) is 0.762. The number of nitrogens with zero attached hydrogens (tertiary/aromatic N) is 1. The summed E-state index contributed by atoms with van der Waals surface area (Å²) in [6.07, 6.45) is 4.01. The van der Waals surface area contributed by atoms with Crippen molar-refractivity contribution in [3.05, 3.63) is 29.8 Å². The average Bonchev–Trinajstić information content (AvgIpc) is 2.65. The first-order chi connectivity index (χ1) is 12.1. The minimum atomic E-state index is -0.0525. The van der Waals surface area contributed by atoms with E-state index in [0.717, 1.165) is 44.5 Å². The van der Waals surface area contributed by atoms with Crippen LogP contribution in [0.5, 0.6) is 5.75 Å². The summed E-state index contributed by atoms with van der Waals surface area (Å²) in [6.45, 7) is 1.58. The van der Waals surface area contributed by atoms with Gasteiger partial charge in [-0.3, -0.25) is 9.59 Å². The van der Waals surface area contributed by atoms with Gasteiger partial charge >= 0.3 is 0 Å². The molecular formula is C19H26N2O4. The second-order valence-electron chi connectivity index (χ2n) is 6.97. The van der Waals surface area contributed by atoms with Crippen molar-refractivity contribution in [1.29, 1.82) is 0 Å². The van der Waals surface area contributed by atoms with E-state index in [1.807, 2.05) is 29.2 Å². The zero-order valence-electron chi connectivity index (χ0n) is 14.9. The normalized spacial score (nSPS) is 21.5. The van der Waals surface area contributed by atoms with Gasteiger partial charge in [-0.15, -0.1) is 0 Å². The highest BCUT2D eigenvalue weighted by atomic mass is 16.5. The number of rotatable bonds is 5. The number of carbonyl (C=O) groups excluding carboxylic acids is 2. The number of amides is 2. The lowest BCUT2D eigenvalue weighted by Crippen LogP contribution is -2.60. The van der Waals surface area contributed by atoms with Crippen molar-refractivity contribution >= 4 is 11.8 Å². The summed E-state index contributed by atoms with van der Waals surface area (Å²) >= 11 is 0. The van der Waals surface area contributed by atoms with Crippen LogP contribution in [0.1, 0.15) is 36.0 Å². The maximum absolute atomic E-state index is 12.7. The molecule has 3 rings (SSSR count). The first-order valence-corrected chi connectivity index (χ1v) is 8.79. The number of benzene rings is 1. The van der Waals surface area contributed by atoms with Gasteiger partial charge in [0.15, 0.2) is 0 Å². The van der Waals surface area contributed by atoms with Gasteiger partial charge in [0.05, 0.1) is 7.11 Å². The van der Waals surface area contributed by atoms with Crippen molar-refractivity contribution in [2.75, 3.05) is 33.9 Å². The molecule has 0 aromatic heterocycles. The highest BCUT2D eigenvalue weighted by Gasteiger charge is 2.49. The minimum absolute atomic E-state index is 0.0525. The number of nitrogens with one attached hydrogen (secondary N) is 1. The summed E-state index contributed by atoms with van der Waals surface area (Å²) in [7, 11) is 3.14. The van der Waals surface area contributed by atoms with E-state index < -0.39 is 0 Å². The summed E-state index contributed by atoms with van der Waals surface area (Å²) in [5, 5.41) is 3.08. The van der Waals surface area contributed by atoms with Gasteiger partial charge in [-0.2, -0.15) is 0 Å². The number of methoxy groups -OCH3 is 2. The van der Waals surface area contributed by atoms with E-state index in [-0.39, 0.29) is 29.9 Å². The first kappa shape index (κ1) is 17.7. The standard InChI is InChI=1S/C19H26N2O4/c1-24-13-17(22)20-16-7-8-19(16)9-11-21(12-10-19)18(23)14-3-5-15(25-2)6-4-14/h3-6,16H,7-13H2,1-2H3,(H,20,22). The topological polar surface area (TPSA) is 67.9 Å². The monoisotopic (exact) mass is 346 g/mol. The van der Waals surface area contributed by atoms with Crippen LogP contribution in [0.4, 0.5) is 0 Å². The molecule has 1 aliphatic heterocycles. The second-order valence-corrected chi connectivity index (χ2v) is 6.97. The van der Waals surface area contributed by atoms with E-state index in [1.165, 1.54) is 7.11 Å². The van der Waals surface area contributed by atoms with Crippen LogP contribution in [0, 0.1) is 5.41 Å². The number of hydrogen-bond donors (Lipinski definition) is 1. The number of ether oxygens (including phenoxy) is 2. The lowest BCUT2D eigenvalue weighted by atomic mass is 9.59. The SMILES string of the molecule is COCC(=O)NC1CCC12CCN(C(=O)c1ccc(OC)cc1)CC2. The molecular weight excluding hydrogens is 320 g/mol. The van der Waals surface area contributed by atoms with Gasteiger partial charge in [0.25, 0.3) is 5.91 Å². The zero-order valence-corrected chi connectivity index (χ0v) is 14.9. The number of piperidine rings is 1. The predicted octanol–water partition coefficient (Wildman–Crippen LogP) is 1.84. The van der Waals surface area contributed by atoms with Crippen LogP contribution in [-0.4, -0.2) is 56.7 Å². The van der Waals surface area contributed by atoms with Crippen molar-refractivity contribution in [3.63, 3.8) is 0 Å². The van der Waals surface area contributed by atoms with Crippen molar-refractivity contribution in [3.8, 4) is 5.75 Å². The molecule has 1 aromatic rings. The van der Waals surface area contributed by atoms with E-state index >= 15 is 0 Å². The highest BCUT2D eigenvalue weighted by molar-refractivity contribution is 5.94. The van der Waals surface area contributed by atoms with E-state index in [9.17, 15) is 9.59 Å². The van der Waals surface area contributed by atoms with Crippen LogP contribution in [0.2, 0.25) is 0 Å². The van der Waals surface area contributed by atoms with Gasteiger partial charge in [-0.1, -0.05) is 0 Å². The van der Waals surface area contributed by atoms with Crippen LogP contribution in [0.3, 0.4) is 0 Å². The first-order valence-electron chi connectivity index (χ1n) is 8.79. The van der Waals surface area contributed by atoms with Gasteiger partial charge in [0, 0.05) is 31.8 Å². The smallest absolute Gasteiger partial charge is 0.253 e. The van der Waals surface area contributed by atoms with Crippen LogP contribution >= 0.6 is 0 Å². The van der Waals surface area contributed by atoms with Gasteiger partial charge < -0.3 is 19.7 Å². The van der Waals surface area contributed by atoms with Crippen LogP contribution in [0.25, 0.3) is 0 Å². The maximum Gasteiger partial charge on any atom is 0.253 e. The molecule has 1 unspecified atom stereocenters. The molecule has 2 amide bonds. The average molecular weight is 346 g/mol. The van der Waals surface area contributed by atoms with Gasteiger partial charge in [-0.05, 0) is 55.4 Å². The lowest BCUT2D eigenvalue weighted by Gasteiger charge is -2.54. The molecule has 1 saturated heterocycles. The Labute approximate surface area is 148 Å². The molecule has 6 nitrogen and oxygen atoms in total. The van der Waals surface area contributed by atoms with E-state index in [0.29, 0.717) is 5.56 Å². The Morgan fingerprint density at radius 2 is 1.84 bits per heavy atom. The fourth-order valence-electron chi connectivity index (χ4n) is 3.96. The quantitative estimate of drug-likeness (QED) is 0.883. The molecule has 1 aromatic carbocycles. The largest absolute Gasteiger partial charge is 0.497 e. The van der Waals surface area contributed by atoms with Crippen molar-refractivity contribution < 1.29 is 19.1 Å². The Morgan fingerprint density at radius 1 is 1.16 bits per heavy atom. The lowest BCUT2D eigenvalue weighted by molar-refractivity contribution is -0.129. The van der Waals surface area contributed by atoms with Crippen LogP contribution in [0.15, 0.2) is 24.3 Å². The molecule has 136 valence electrons. The third-order valence-electron chi connectivity index (χ3n) is 5.66. The maximum atomic E-state index is 12.7. The molecule has 0 radical (unpaired) electrons. The van der Waals surface area contributed by atoms with E-state index in [4.69, 9.17) is 9.47 Å². The molecule has 1 spiro atoms. The fourth-order valence-corrected chi connectivity index (χ4v) is 3.96. The number of hydrogen-bond acceptors (Lipinski definition) is 4. The zero-order chi connectivity index (χ0) is 17.9. The summed E-state index contributed by atoms with van der Waals surface area (Å²) in [6, 6.07) is 7.46. The summed E-state index contributed by atoms with van der Waals surface area (Å²) in [4.78, 5) is 26.3. The van der Waals surface area contributed by atoms with Crippen molar-refractivity contribution in [2.45, 2.75) is 31.7 Å². The van der Waals surface area contributed by atoms with Crippen LogP contribution in [-0.2, 0) is 9.53 Å². The Bertz CT molecular complexity index is 621.